The first-order valence-electron chi connectivity index (χ1n) is 17.1. The molecule has 0 aliphatic rings. The molecule has 0 fully saturated rings. The predicted molar refractivity (Wildman–Crippen MR) is 217 cm³/mol. The van der Waals surface area contributed by atoms with E-state index in [2.05, 4.69) is 193 Å². The molecule has 0 spiro atoms. The Hall–Kier alpha value is -6.22. The highest BCUT2D eigenvalue weighted by Crippen LogP contribution is 2.45. The number of benzene rings is 9. The Morgan fingerprint density at radius 2 is 0.860 bits per heavy atom. The molecule has 1 heterocycles. The van der Waals surface area contributed by atoms with E-state index in [0.717, 1.165) is 11.4 Å². The summed E-state index contributed by atoms with van der Waals surface area (Å²) in [5, 5.41) is 10.3. The van der Waals surface area contributed by atoms with E-state index >= 15 is 0 Å². The minimum Gasteiger partial charge on any atom is -0.309 e. The van der Waals surface area contributed by atoms with E-state index in [1.807, 2.05) is 11.3 Å². The zero-order valence-corrected chi connectivity index (χ0v) is 28.1. The van der Waals surface area contributed by atoms with Crippen molar-refractivity contribution in [3.63, 3.8) is 0 Å². The lowest BCUT2D eigenvalue weighted by molar-refractivity contribution is 1.30. The molecule has 0 aliphatic carbocycles. The Kier molecular flexibility index (Phi) is 6.75. The van der Waals surface area contributed by atoms with Crippen LogP contribution in [0.3, 0.4) is 0 Å². The third kappa shape index (κ3) is 4.76. The van der Waals surface area contributed by atoms with Gasteiger partial charge in [0.1, 0.15) is 0 Å². The standard InChI is InChI=1S/C48H31NS/c1-2-9-32(10-3-1)33-19-25-38(26-20-33)49(46-15-8-14-44-43-13-6-7-16-47(43)50-48(44)46)39-27-21-34(22-28-39)37-18-17-36-24-29-41-40-12-5-4-11-35(40)23-30-42(41)45(36)31-37/h1-31H. The number of hydrogen-bond acceptors (Lipinski definition) is 2. The SMILES string of the molecule is c1ccc(-c2ccc(N(c3ccc(-c4ccc5ccc6c7ccccc7ccc6c5c4)cc3)c3cccc4c3sc3ccccc34)cc2)cc1. The summed E-state index contributed by atoms with van der Waals surface area (Å²) in [4.78, 5) is 2.41. The zero-order valence-electron chi connectivity index (χ0n) is 27.3. The van der Waals surface area contributed by atoms with E-state index < -0.39 is 0 Å². The van der Waals surface area contributed by atoms with E-state index in [9.17, 15) is 0 Å². The molecule has 0 aliphatic heterocycles. The second-order valence-electron chi connectivity index (χ2n) is 12.9. The van der Waals surface area contributed by atoms with E-state index in [0.29, 0.717) is 0 Å². The van der Waals surface area contributed by atoms with Gasteiger partial charge in [0.05, 0.1) is 10.4 Å². The van der Waals surface area contributed by atoms with Crippen molar-refractivity contribution in [3.05, 3.63) is 188 Å². The van der Waals surface area contributed by atoms with Crippen molar-refractivity contribution in [3.8, 4) is 22.3 Å². The quantitative estimate of drug-likeness (QED) is 0.167. The molecule has 0 radical (unpaired) electrons. The minimum absolute atomic E-state index is 1.13. The molecular weight excluding hydrogens is 623 g/mol. The second-order valence-corrected chi connectivity index (χ2v) is 14.0. The van der Waals surface area contributed by atoms with Crippen molar-refractivity contribution >= 4 is 80.9 Å². The van der Waals surface area contributed by atoms with Crippen LogP contribution in [0.25, 0.3) is 74.7 Å². The van der Waals surface area contributed by atoms with Gasteiger partial charge in [0.2, 0.25) is 0 Å². The number of hydrogen-bond donors (Lipinski definition) is 0. The molecule has 0 saturated heterocycles. The number of thiophene rings is 1. The Morgan fingerprint density at radius 1 is 0.320 bits per heavy atom. The average molecular weight is 654 g/mol. The van der Waals surface area contributed by atoms with Crippen LogP contribution in [-0.4, -0.2) is 0 Å². The second kappa shape index (κ2) is 11.7. The molecule has 2 heteroatoms. The molecule has 0 unspecified atom stereocenters. The first-order valence-corrected chi connectivity index (χ1v) is 17.9. The van der Waals surface area contributed by atoms with Crippen LogP contribution in [0.4, 0.5) is 17.1 Å². The normalized spacial score (nSPS) is 11.6. The Morgan fingerprint density at radius 3 is 1.62 bits per heavy atom. The third-order valence-electron chi connectivity index (χ3n) is 10.1. The van der Waals surface area contributed by atoms with Gasteiger partial charge in [-0.3, -0.25) is 0 Å². The van der Waals surface area contributed by atoms with Crippen LogP contribution in [-0.2, 0) is 0 Å². The summed E-state index contributed by atoms with van der Waals surface area (Å²) in [7, 11) is 0. The van der Waals surface area contributed by atoms with Gasteiger partial charge < -0.3 is 4.90 Å². The summed E-state index contributed by atoms with van der Waals surface area (Å²) in [6, 6.07) is 68.7. The molecule has 1 aromatic heterocycles. The lowest BCUT2D eigenvalue weighted by atomic mass is 9.94. The number of anilines is 3. The number of nitrogens with zero attached hydrogens (tertiary/aromatic N) is 1. The molecule has 50 heavy (non-hydrogen) atoms. The van der Waals surface area contributed by atoms with Crippen LogP contribution < -0.4 is 4.90 Å². The summed E-state index contributed by atoms with van der Waals surface area (Å²) in [5.74, 6) is 0. The molecule has 0 atom stereocenters. The summed E-state index contributed by atoms with van der Waals surface area (Å²) in [6.45, 7) is 0. The summed E-state index contributed by atoms with van der Waals surface area (Å²) >= 11 is 1.87. The van der Waals surface area contributed by atoms with Crippen LogP contribution in [0, 0.1) is 0 Å². The van der Waals surface area contributed by atoms with Crippen LogP contribution in [0.15, 0.2) is 188 Å². The van der Waals surface area contributed by atoms with Gasteiger partial charge in [-0.15, -0.1) is 11.3 Å². The van der Waals surface area contributed by atoms with E-state index in [4.69, 9.17) is 0 Å². The molecule has 9 aromatic carbocycles. The largest absolute Gasteiger partial charge is 0.309 e. The third-order valence-corrected chi connectivity index (χ3v) is 11.3. The Bertz CT molecular complexity index is 2850. The van der Waals surface area contributed by atoms with Gasteiger partial charge in [-0.25, -0.2) is 0 Å². The molecule has 0 amide bonds. The van der Waals surface area contributed by atoms with E-state index in [-0.39, 0.29) is 0 Å². The fourth-order valence-corrected chi connectivity index (χ4v) is 8.78. The number of rotatable bonds is 5. The van der Waals surface area contributed by atoms with Crippen molar-refractivity contribution in [2.75, 3.05) is 4.90 Å². The van der Waals surface area contributed by atoms with Gasteiger partial charge in [-0.1, -0.05) is 146 Å². The van der Waals surface area contributed by atoms with Gasteiger partial charge in [-0.05, 0) is 97.0 Å². The zero-order chi connectivity index (χ0) is 33.0. The van der Waals surface area contributed by atoms with E-state index in [1.165, 1.54) is 80.4 Å². The monoisotopic (exact) mass is 653 g/mol. The van der Waals surface area contributed by atoms with Crippen molar-refractivity contribution in [2.24, 2.45) is 0 Å². The smallest absolute Gasteiger partial charge is 0.0640 e. The summed E-state index contributed by atoms with van der Waals surface area (Å²) in [5.41, 5.74) is 8.30. The Balaban J connectivity index is 1.10. The maximum Gasteiger partial charge on any atom is 0.0640 e. The number of fused-ring (bicyclic) bond motifs is 8. The maximum atomic E-state index is 2.41. The minimum atomic E-state index is 1.13. The lowest BCUT2D eigenvalue weighted by Gasteiger charge is -2.26. The van der Waals surface area contributed by atoms with E-state index in [1.54, 1.807) is 0 Å². The molecule has 0 saturated carbocycles. The van der Waals surface area contributed by atoms with Crippen molar-refractivity contribution in [1.82, 2.24) is 0 Å². The van der Waals surface area contributed by atoms with Gasteiger partial charge in [-0.2, -0.15) is 0 Å². The molecular formula is C48H31NS. The van der Waals surface area contributed by atoms with Crippen LogP contribution in [0.2, 0.25) is 0 Å². The highest BCUT2D eigenvalue weighted by atomic mass is 32.1. The van der Waals surface area contributed by atoms with Crippen molar-refractivity contribution < 1.29 is 0 Å². The summed E-state index contributed by atoms with van der Waals surface area (Å²) < 4.78 is 2.60. The highest BCUT2D eigenvalue weighted by Gasteiger charge is 2.18. The molecule has 234 valence electrons. The van der Waals surface area contributed by atoms with Crippen LogP contribution >= 0.6 is 11.3 Å². The van der Waals surface area contributed by atoms with Gasteiger partial charge >= 0.3 is 0 Å². The fourth-order valence-electron chi connectivity index (χ4n) is 7.57. The maximum absolute atomic E-state index is 2.41. The van der Waals surface area contributed by atoms with Crippen molar-refractivity contribution in [1.29, 1.82) is 0 Å². The molecule has 0 bridgehead atoms. The first kappa shape index (κ1) is 28.8. The molecule has 10 rings (SSSR count). The topological polar surface area (TPSA) is 3.24 Å². The predicted octanol–water partition coefficient (Wildman–Crippen LogP) is 14.3. The first-order chi connectivity index (χ1) is 24.8. The molecule has 1 nitrogen and oxygen atoms in total. The van der Waals surface area contributed by atoms with Crippen molar-refractivity contribution in [2.45, 2.75) is 0 Å². The van der Waals surface area contributed by atoms with Gasteiger partial charge in [0.25, 0.3) is 0 Å². The molecule has 10 aromatic rings. The lowest BCUT2D eigenvalue weighted by Crippen LogP contribution is -2.10. The van der Waals surface area contributed by atoms with Gasteiger partial charge in [0, 0.05) is 26.8 Å². The van der Waals surface area contributed by atoms with Gasteiger partial charge in [0.15, 0.2) is 0 Å². The fraction of sp³-hybridized carbons (Fsp3) is 0. The van der Waals surface area contributed by atoms with Crippen LogP contribution in [0.5, 0.6) is 0 Å². The highest BCUT2D eigenvalue weighted by molar-refractivity contribution is 7.26. The average Bonchev–Trinajstić information content (AvgIpc) is 3.58. The molecule has 0 N–H and O–H groups in total. The van der Waals surface area contributed by atoms with Crippen LogP contribution in [0.1, 0.15) is 0 Å². The summed E-state index contributed by atoms with van der Waals surface area (Å²) in [6.07, 6.45) is 0. The Labute approximate surface area is 294 Å².